The molecule has 1 fully saturated rings. The van der Waals surface area contributed by atoms with Crippen molar-refractivity contribution < 1.29 is 0 Å². The van der Waals surface area contributed by atoms with Gasteiger partial charge in [0.15, 0.2) is 0 Å². The summed E-state index contributed by atoms with van der Waals surface area (Å²) in [5, 5.41) is 3.24. The first-order chi connectivity index (χ1) is 8.83. The zero-order valence-corrected chi connectivity index (χ0v) is 11.5. The van der Waals surface area contributed by atoms with Gasteiger partial charge in [0.2, 0.25) is 5.95 Å². The Morgan fingerprint density at radius 1 is 1.44 bits per heavy atom. The maximum Gasteiger partial charge on any atom is 0.222 e. The number of likely N-dealkylation sites (tertiary alicyclic amines) is 1. The second kappa shape index (κ2) is 6.69. The molecule has 0 radical (unpaired) electrons. The lowest BCUT2D eigenvalue weighted by molar-refractivity contribution is 0.237. The largest absolute Gasteiger partial charge is 0.354 e. The molecule has 0 saturated carbocycles. The van der Waals surface area contributed by atoms with Crippen LogP contribution in [0.1, 0.15) is 45.2 Å². The van der Waals surface area contributed by atoms with Crippen molar-refractivity contribution in [1.82, 2.24) is 14.9 Å². The third kappa shape index (κ3) is 3.42. The van der Waals surface area contributed by atoms with Crippen molar-refractivity contribution in [2.45, 2.75) is 52.1 Å². The molecule has 2 heterocycles. The summed E-state index contributed by atoms with van der Waals surface area (Å²) in [7, 11) is 0. The van der Waals surface area contributed by atoms with Crippen molar-refractivity contribution in [1.29, 1.82) is 0 Å². The zero-order chi connectivity index (χ0) is 12.8. The maximum atomic E-state index is 4.58. The third-order valence-corrected chi connectivity index (χ3v) is 3.58. The molecule has 2 rings (SSSR count). The average Bonchev–Trinajstić information content (AvgIpc) is 2.84. The summed E-state index contributed by atoms with van der Waals surface area (Å²) in [6, 6.07) is 2.77. The first-order valence-corrected chi connectivity index (χ1v) is 7.13. The summed E-state index contributed by atoms with van der Waals surface area (Å²) in [5.74, 6) is 0.765. The lowest BCUT2D eigenvalue weighted by Gasteiger charge is -2.22. The van der Waals surface area contributed by atoms with E-state index in [-0.39, 0.29) is 0 Å². The van der Waals surface area contributed by atoms with Crippen LogP contribution in [0, 0.1) is 0 Å². The molecule has 1 aromatic heterocycles. The quantitative estimate of drug-likeness (QED) is 0.840. The molecule has 0 aliphatic carbocycles. The predicted octanol–water partition coefficient (Wildman–Crippen LogP) is 2.67. The van der Waals surface area contributed by atoms with Gasteiger partial charge in [-0.05, 0) is 38.3 Å². The highest BCUT2D eigenvalue weighted by atomic mass is 15.2. The number of nitrogens with one attached hydrogen (secondary N) is 1. The van der Waals surface area contributed by atoms with E-state index in [0.29, 0.717) is 0 Å². The van der Waals surface area contributed by atoms with Crippen LogP contribution in [0.5, 0.6) is 0 Å². The molecule has 1 aliphatic rings. The molecule has 100 valence electrons. The van der Waals surface area contributed by atoms with Crippen LogP contribution in [0.2, 0.25) is 0 Å². The van der Waals surface area contributed by atoms with Crippen LogP contribution in [-0.4, -0.2) is 34.0 Å². The molecule has 1 atom stereocenters. The monoisotopic (exact) mass is 248 g/mol. The standard InChI is InChI=1S/C14H24N4/c1-3-8-15-14-16-9-7-12(17-14)11-18-10-5-6-13(18)4-2/h7,9,13H,3-6,8,10-11H2,1-2H3,(H,15,16,17). The van der Waals surface area contributed by atoms with Crippen molar-refractivity contribution in [2.75, 3.05) is 18.4 Å². The highest BCUT2D eigenvalue weighted by Crippen LogP contribution is 2.21. The Balaban J connectivity index is 1.96. The van der Waals surface area contributed by atoms with Crippen molar-refractivity contribution in [3.63, 3.8) is 0 Å². The Bertz CT molecular complexity index is 367. The molecule has 4 nitrogen and oxygen atoms in total. The van der Waals surface area contributed by atoms with Gasteiger partial charge in [-0.15, -0.1) is 0 Å². The number of rotatable bonds is 6. The molecule has 1 aliphatic heterocycles. The van der Waals surface area contributed by atoms with E-state index in [9.17, 15) is 0 Å². The zero-order valence-electron chi connectivity index (χ0n) is 11.5. The van der Waals surface area contributed by atoms with Crippen molar-refractivity contribution in [3.8, 4) is 0 Å². The Kier molecular flexibility index (Phi) is 4.93. The molecular formula is C14H24N4. The summed E-state index contributed by atoms with van der Waals surface area (Å²) >= 11 is 0. The molecule has 0 spiro atoms. The van der Waals surface area contributed by atoms with Gasteiger partial charge in [-0.3, -0.25) is 4.90 Å². The van der Waals surface area contributed by atoms with E-state index in [0.717, 1.165) is 37.2 Å². The fraction of sp³-hybridized carbons (Fsp3) is 0.714. The lowest BCUT2D eigenvalue weighted by atomic mass is 10.2. The average molecular weight is 248 g/mol. The smallest absolute Gasteiger partial charge is 0.222 e. The van der Waals surface area contributed by atoms with Crippen LogP contribution in [0.4, 0.5) is 5.95 Å². The highest BCUT2D eigenvalue weighted by molar-refractivity contribution is 5.24. The lowest BCUT2D eigenvalue weighted by Crippen LogP contribution is -2.28. The first-order valence-electron chi connectivity index (χ1n) is 7.13. The molecule has 1 aromatic rings. The van der Waals surface area contributed by atoms with Gasteiger partial charge in [0.05, 0.1) is 5.69 Å². The second-order valence-electron chi connectivity index (χ2n) is 4.97. The fourth-order valence-corrected chi connectivity index (χ4v) is 2.58. The summed E-state index contributed by atoms with van der Waals surface area (Å²) < 4.78 is 0. The minimum atomic E-state index is 0.743. The molecule has 0 aromatic carbocycles. The van der Waals surface area contributed by atoms with Crippen LogP contribution in [0.15, 0.2) is 12.3 Å². The van der Waals surface area contributed by atoms with E-state index in [1.54, 1.807) is 0 Å². The van der Waals surface area contributed by atoms with E-state index in [2.05, 4.69) is 34.0 Å². The van der Waals surface area contributed by atoms with E-state index in [1.165, 1.54) is 25.8 Å². The Morgan fingerprint density at radius 2 is 2.33 bits per heavy atom. The van der Waals surface area contributed by atoms with Gasteiger partial charge in [-0.1, -0.05) is 13.8 Å². The maximum absolute atomic E-state index is 4.58. The van der Waals surface area contributed by atoms with Crippen LogP contribution < -0.4 is 5.32 Å². The number of hydrogen-bond acceptors (Lipinski definition) is 4. The van der Waals surface area contributed by atoms with Gasteiger partial charge >= 0.3 is 0 Å². The van der Waals surface area contributed by atoms with Crippen LogP contribution >= 0.6 is 0 Å². The van der Waals surface area contributed by atoms with Crippen LogP contribution in [0.3, 0.4) is 0 Å². The molecular weight excluding hydrogens is 224 g/mol. The molecule has 0 bridgehead atoms. The number of nitrogens with zero attached hydrogens (tertiary/aromatic N) is 3. The van der Waals surface area contributed by atoms with E-state index >= 15 is 0 Å². The van der Waals surface area contributed by atoms with Gasteiger partial charge in [0.1, 0.15) is 0 Å². The van der Waals surface area contributed by atoms with Crippen LogP contribution in [0.25, 0.3) is 0 Å². The van der Waals surface area contributed by atoms with Gasteiger partial charge in [0.25, 0.3) is 0 Å². The number of aromatic nitrogens is 2. The molecule has 1 unspecified atom stereocenters. The summed E-state index contributed by atoms with van der Waals surface area (Å²) in [5.41, 5.74) is 1.13. The Hall–Kier alpha value is -1.16. The predicted molar refractivity (Wildman–Crippen MR) is 74.5 cm³/mol. The van der Waals surface area contributed by atoms with Gasteiger partial charge < -0.3 is 5.32 Å². The van der Waals surface area contributed by atoms with E-state index < -0.39 is 0 Å². The van der Waals surface area contributed by atoms with E-state index in [4.69, 9.17) is 0 Å². The van der Waals surface area contributed by atoms with E-state index in [1.807, 2.05) is 12.3 Å². The van der Waals surface area contributed by atoms with Crippen molar-refractivity contribution in [2.24, 2.45) is 0 Å². The van der Waals surface area contributed by atoms with Crippen LogP contribution in [-0.2, 0) is 6.54 Å². The van der Waals surface area contributed by atoms with Gasteiger partial charge in [0, 0.05) is 25.3 Å². The number of anilines is 1. The summed E-state index contributed by atoms with van der Waals surface area (Å²) in [6.07, 6.45) is 6.86. The summed E-state index contributed by atoms with van der Waals surface area (Å²) in [4.78, 5) is 11.4. The van der Waals surface area contributed by atoms with Gasteiger partial charge in [-0.2, -0.15) is 0 Å². The molecule has 4 heteroatoms. The minimum absolute atomic E-state index is 0.743. The molecule has 0 amide bonds. The first kappa shape index (κ1) is 13.3. The SMILES string of the molecule is CCCNc1nccc(CN2CCCC2CC)n1. The van der Waals surface area contributed by atoms with Crippen molar-refractivity contribution in [3.05, 3.63) is 18.0 Å². The molecule has 1 saturated heterocycles. The fourth-order valence-electron chi connectivity index (χ4n) is 2.58. The minimum Gasteiger partial charge on any atom is -0.354 e. The summed E-state index contributed by atoms with van der Waals surface area (Å²) in [6.45, 7) is 7.52. The Morgan fingerprint density at radius 3 is 3.11 bits per heavy atom. The topological polar surface area (TPSA) is 41.1 Å². The Labute approximate surface area is 110 Å². The highest BCUT2D eigenvalue weighted by Gasteiger charge is 2.22. The molecule has 1 N–H and O–H groups in total. The second-order valence-corrected chi connectivity index (χ2v) is 4.97. The number of hydrogen-bond donors (Lipinski definition) is 1. The normalized spacial score (nSPS) is 20.2. The molecule has 18 heavy (non-hydrogen) atoms. The third-order valence-electron chi connectivity index (χ3n) is 3.58. The van der Waals surface area contributed by atoms with Crippen molar-refractivity contribution >= 4 is 5.95 Å². The van der Waals surface area contributed by atoms with Gasteiger partial charge in [-0.25, -0.2) is 9.97 Å².